The fraction of sp³-hybridized carbons (Fsp3) is 0.462. The molecule has 1 aromatic rings. The summed E-state index contributed by atoms with van der Waals surface area (Å²) >= 11 is 3.48. The Kier molecular flexibility index (Phi) is 3.50. The number of nitrogens with zero attached hydrogens (tertiary/aromatic N) is 1. The summed E-state index contributed by atoms with van der Waals surface area (Å²) in [5.41, 5.74) is 3.22. The van der Waals surface area contributed by atoms with E-state index in [1.165, 1.54) is 30.4 Å². The number of ether oxygens (including phenoxy) is 1. The summed E-state index contributed by atoms with van der Waals surface area (Å²) in [6, 6.07) is 4.40. The highest BCUT2D eigenvalue weighted by atomic mass is 79.9. The Morgan fingerprint density at radius 1 is 1.31 bits per heavy atom. The van der Waals surface area contributed by atoms with Crippen LogP contribution in [0.2, 0.25) is 0 Å². The van der Waals surface area contributed by atoms with Crippen molar-refractivity contribution in [1.29, 1.82) is 5.26 Å². The Morgan fingerprint density at radius 3 is 2.75 bits per heavy atom. The SMILES string of the molecule is COc1c(Br)cc2c(c1C#N)CCCCC2. The maximum atomic E-state index is 9.27. The van der Waals surface area contributed by atoms with Crippen molar-refractivity contribution >= 4 is 15.9 Å². The summed E-state index contributed by atoms with van der Waals surface area (Å²) in [6.07, 6.45) is 5.72. The van der Waals surface area contributed by atoms with Crippen molar-refractivity contribution in [3.05, 3.63) is 27.2 Å². The highest BCUT2D eigenvalue weighted by molar-refractivity contribution is 9.10. The molecule has 0 saturated heterocycles. The van der Waals surface area contributed by atoms with Crippen molar-refractivity contribution in [3.8, 4) is 11.8 Å². The predicted molar refractivity (Wildman–Crippen MR) is 66.7 cm³/mol. The monoisotopic (exact) mass is 279 g/mol. The lowest BCUT2D eigenvalue weighted by atomic mass is 9.97. The molecule has 1 aliphatic carbocycles. The van der Waals surface area contributed by atoms with E-state index in [1.807, 2.05) is 0 Å². The Hall–Kier alpha value is -1.01. The zero-order valence-electron chi connectivity index (χ0n) is 9.35. The molecular formula is C13H14BrNO. The highest BCUT2D eigenvalue weighted by Crippen LogP contribution is 2.36. The van der Waals surface area contributed by atoms with E-state index in [1.54, 1.807) is 7.11 Å². The number of rotatable bonds is 1. The number of nitriles is 1. The van der Waals surface area contributed by atoms with Crippen LogP contribution in [-0.4, -0.2) is 7.11 Å². The van der Waals surface area contributed by atoms with Gasteiger partial charge in [-0.15, -0.1) is 0 Å². The van der Waals surface area contributed by atoms with Crippen molar-refractivity contribution in [2.24, 2.45) is 0 Å². The first kappa shape index (κ1) is 11.5. The van der Waals surface area contributed by atoms with Crippen LogP contribution in [0, 0.1) is 11.3 Å². The number of methoxy groups -OCH3 is 1. The summed E-state index contributed by atoms with van der Waals surface area (Å²) in [6.45, 7) is 0. The van der Waals surface area contributed by atoms with Crippen LogP contribution in [0.25, 0.3) is 0 Å². The van der Waals surface area contributed by atoms with Gasteiger partial charge in [-0.3, -0.25) is 0 Å². The van der Waals surface area contributed by atoms with E-state index < -0.39 is 0 Å². The standard InChI is InChI=1S/C13H14BrNO/c1-16-13-11(8-15)10-6-4-2-3-5-9(10)7-12(13)14/h7H,2-6H2,1H3. The van der Waals surface area contributed by atoms with E-state index in [2.05, 4.69) is 28.1 Å². The Labute approximate surface area is 104 Å². The van der Waals surface area contributed by atoms with Gasteiger partial charge < -0.3 is 4.74 Å². The molecule has 0 spiro atoms. The summed E-state index contributed by atoms with van der Waals surface area (Å²) in [4.78, 5) is 0. The molecule has 0 unspecified atom stereocenters. The molecule has 0 bridgehead atoms. The second-order valence-electron chi connectivity index (χ2n) is 4.08. The molecule has 1 aromatic carbocycles. The fourth-order valence-corrected chi connectivity index (χ4v) is 2.98. The van der Waals surface area contributed by atoms with Gasteiger partial charge in [0, 0.05) is 0 Å². The Morgan fingerprint density at radius 2 is 2.06 bits per heavy atom. The number of hydrogen-bond donors (Lipinski definition) is 0. The van der Waals surface area contributed by atoms with Gasteiger partial charge in [-0.25, -0.2) is 0 Å². The smallest absolute Gasteiger partial charge is 0.151 e. The third-order valence-corrected chi connectivity index (χ3v) is 3.71. The number of hydrogen-bond acceptors (Lipinski definition) is 2. The van der Waals surface area contributed by atoms with Crippen molar-refractivity contribution in [3.63, 3.8) is 0 Å². The maximum Gasteiger partial charge on any atom is 0.151 e. The van der Waals surface area contributed by atoms with Crippen LogP contribution in [0.1, 0.15) is 36.0 Å². The van der Waals surface area contributed by atoms with Crippen LogP contribution >= 0.6 is 15.9 Å². The molecule has 0 amide bonds. The minimum atomic E-state index is 0.683. The van der Waals surface area contributed by atoms with Crippen molar-refractivity contribution in [1.82, 2.24) is 0 Å². The third-order valence-electron chi connectivity index (χ3n) is 3.12. The molecule has 3 heteroatoms. The molecule has 2 nitrogen and oxygen atoms in total. The quantitative estimate of drug-likeness (QED) is 0.736. The molecule has 0 heterocycles. The van der Waals surface area contributed by atoms with Crippen LogP contribution in [0.5, 0.6) is 5.75 Å². The number of halogens is 1. The molecule has 16 heavy (non-hydrogen) atoms. The van der Waals surface area contributed by atoms with E-state index >= 15 is 0 Å². The summed E-state index contributed by atoms with van der Waals surface area (Å²) in [5.74, 6) is 0.683. The molecule has 1 aliphatic rings. The minimum Gasteiger partial charge on any atom is -0.494 e. The summed E-state index contributed by atoms with van der Waals surface area (Å²) in [5, 5.41) is 9.27. The molecule has 0 aromatic heterocycles. The molecule has 0 radical (unpaired) electrons. The van der Waals surface area contributed by atoms with E-state index in [-0.39, 0.29) is 0 Å². The van der Waals surface area contributed by atoms with Gasteiger partial charge in [-0.05, 0) is 58.8 Å². The second kappa shape index (κ2) is 4.88. The van der Waals surface area contributed by atoms with Gasteiger partial charge in [0.25, 0.3) is 0 Å². The average Bonchev–Trinajstić information content (AvgIpc) is 2.52. The average molecular weight is 280 g/mol. The molecule has 0 aliphatic heterocycles. The molecule has 0 N–H and O–H groups in total. The van der Waals surface area contributed by atoms with Gasteiger partial charge in [0.15, 0.2) is 5.75 Å². The molecule has 84 valence electrons. The van der Waals surface area contributed by atoms with E-state index in [0.29, 0.717) is 11.3 Å². The van der Waals surface area contributed by atoms with Gasteiger partial charge in [0.05, 0.1) is 17.1 Å². The van der Waals surface area contributed by atoms with Crippen LogP contribution in [0.3, 0.4) is 0 Å². The number of benzene rings is 1. The van der Waals surface area contributed by atoms with Crippen molar-refractivity contribution in [2.45, 2.75) is 32.1 Å². The Bertz CT molecular complexity index is 448. The Balaban J connectivity index is 2.62. The minimum absolute atomic E-state index is 0.683. The van der Waals surface area contributed by atoms with E-state index in [9.17, 15) is 5.26 Å². The molecule has 0 saturated carbocycles. The van der Waals surface area contributed by atoms with E-state index in [0.717, 1.165) is 17.3 Å². The molecule has 0 atom stereocenters. The number of aryl methyl sites for hydroxylation is 1. The lowest BCUT2D eigenvalue weighted by Gasteiger charge is -2.13. The first-order chi connectivity index (χ1) is 7.77. The van der Waals surface area contributed by atoms with Crippen molar-refractivity contribution in [2.75, 3.05) is 7.11 Å². The molecule has 0 fully saturated rings. The van der Waals surface area contributed by atoms with Crippen LogP contribution in [-0.2, 0) is 12.8 Å². The summed E-state index contributed by atoms with van der Waals surface area (Å²) < 4.78 is 6.20. The normalized spacial score (nSPS) is 14.8. The van der Waals surface area contributed by atoms with Gasteiger partial charge in [-0.2, -0.15) is 5.26 Å². The maximum absolute atomic E-state index is 9.27. The van der Waals surface area contributed by atoms with Gasteiger partial charge in [-0.1, -0.05) is 6.42 Å². The summed E-state index contributed by atoms with van der Waals surface area (Å²) in [7, 11) is 1.62. The fourth-order valence-electron chi connectivity index (χ4n) is 2.34. The van der Waals surface area contributed by atoms with Crippen LogP contribution in [0.15, 0.2) is 10.5 Å². The van der Waals surface area contributed by atoms with Crippen molar-refractivity contribution < 1.29 is 4.74 Å². The lowest BCUT2D eigenvalue weighted by molar-refractivity contribution is 0.410. The molecular weight excluding hydrogens is 266 g/mol. The zero-order chi connectivity index (χ0) is 11.5. The van der Waals surface area contributed by atoms with Crippen LogP contribution in [0.4, 0.5) is 0 Å². The topological polar surface area (TPSA) is 33.0 Å². The van der Waals surface area contributed by atoms with Gasteiger partial charge in [0.1, 0.15) is 6.07 Å². The first-order valence-electron chi connectivity index (χ1n) is 5.56. The van der Waals surface area contributed by atoms with Gasteiger partial charge in [0.2, 0.25) is 0 Å². The zero-order valence-corrected chi connectivity index (χ0v) is 10.9. The third kappa shape index (κ3) is 1.94. The second-order valence-corrected chi connectivity index (χ2v) is 4.93. The number of fused-ring (bicyclic) bond motifs is 1. The van der Waals surface area contributed by atoms with Crippen LogP contribution < -0.4 is 4.74 Å². The largest absolute Gasteiger partial charge is 0.494 e. The predicted octanol–water partition coefficient (Wildman–Crippen LogP) is 3.60. The van der Waals surface area contributed by atoms with Gasteiger partial charge >= 0.3 is 0 Å². The lowest BCUT2D eigenvalue weighted by Crippen LogP contribution is -2.00. The van der Waals surface area contributed by atoms with E-state index in [4.69, 9.17) is 4.74 Å². The molecule has 2 rings (SSSR count). The highest BCUT2D eigenvalue weighted by Gasteiger charge is 2.18. The first-order valence-corrected chi connectivity index (χ1v) is 6.35.